The second-order valence-corrected chi connectivity index (χ2v) is 9.73. The minimum Gasteiger partial charge on any atom is -0.456 e. The van der Waals surface area contributed by atoms with E-state index in [0.29, 0.717) is 5.56 Å². The van der Waals surface area contributed by atoms with Crippen LogP contribution in [0.3, 0.4) is 0 Å². The number of allylic oxidation sites excluding steroid dienone is 1. The molecule has 5 N–H and O–H groups in total. The van der Waals surface area contributed by atoms with Crippen molar-refractivity contribution in [2.45, 2.75) is 61.5 Å². The Morgan fingerprint density at radius 3 is 2.24 bits per heavy atom. The Morgan fingerprint density at radius 2 is 1.60 bits per heavy atom. The molecule has 0 bridgehead atoms. The number of benzene rings is 2. The lowest BCUT2D eigenvalue weighted by molar-refractivity contribution is -0.312. The quantitative estimate of drug-likeness (QED) is 0.162. The van der Waals surface area contributed by atoms with Gasteiger partial charge in [0.25, 0.3) is 0 Å². The highest BCUT2D eigenvalue weighted by Crippen LogP contribution is 2.35. The molecule has 0 radical (unpaired) electrons. The molecule has 0 amide bonds. The fourth-order valence-electron chi connectivity index (χ4n) is 4.72. The van der Waals surface area contributed by atoms with Crippen molar-refractivity contribution in [3.63, 3.8) is 0 Å². The summed E-state index contributed by atoms with van der Waals surface area (Å²) >= 11 is 0. The number of esters is 2. The van der Waals surface area contributed by atoms with Crippen molar-refractivity contribution in [3.8, 4) is 6.07 Å². The van der Waals surface area contributed by atoms with Gasteiger partial charge in [0.2, 0.25) is 0 Å². The van der Waals surface area contributed by atoms with Crippen LogP contribution in [-0.4, -0.2) is 99.2 Å². The van der Waals surface area contributed by atoms with Gasteiger partial charge in [-0.15, -0.1) is 0 Å². The van der Waals surface area contributed by atoms with Crippen LogP contribution in [0.2, 0.25) is 0 Å². The maximum atomic E-state index is 12.9. The lowest BCUT2D eigenvalue weighted by Gasteiger charge is -2.44. The summed E-state index contributed by atoms with van der Waals surface area (Å²) in [6, 6.07) is 18.6. The summed E-state index contributed by atoms with van der Waals surface area (Å²) in [5.74, 6) is -1.67. The van der Waals surface area contributed by atoms with E-state index in [0.717, 1.165) is 12.2 Å². The van der Waals surface area contributed by atoms with Gasteiger partial charge in [0.1, 0.15) is 36.6 Å². The molecule has 1 saturated heterocycles. The Bertz CT molecular complexity index is 1310. The van der Waals surface area contributed by atoms with Crippen LogP contribution in [0, 0.1) is 11.3 Å². The van der Waals surface area contributed by atoms with Crippen molar-refractivity contribution in [1.29, 1.82) is 5.26 Å². The number of carbonyl (C=O) groups excluding carboxylic acids is 2. The number of aliphatic hydroxyl groups is 5. The number of carbonyl (C=O) groups is 2. The van der Waals surface area contributed by atoms with E-state index in [4.69, 9.17) is 18.9 Å². The third-order valence-corrected chi connectivity index (χ3v) is 6.94. The molecule has 222 valence electrons. The van der Waals surface area contributed by atoms with Gasteiger partial charge in [-0.05, 0) is 23.8 Å². The molecule has 1 aliphatic heterocycles. The van der Waals surface area contributed by atoms with E-state index in [2.05, 4.69) is 0 Å². The van der Waals surface area contributed by atoms with E-state index in [1.807, 2.05) is 6.07 Å². The van der Waals surface area contributed by atoms with Crippen molar-refractivity contribution in [1.82, 2.24) is 0 Å². The summed E-state index contributed by atoms with van der Waals surface area (Å²) in [7, 11) is 0. The van der Waals surface area contributed by atoms with Crippen LogP contribution in [0.5, 0.6) is 0 Å². The minimum atomic E-state index is -1.78. The Labute approximate surface area is 241 Å². The van der Waals surface area contributed by atoms with E-state index in [-0.39, 0.29) is 17.6 Å². The first-order chi connectivity index (χ1) is 20.2. The lowest BCUT2D eigenvalue weighted by Crippen LogP contribution is -2.61. The molecule has 12 nitrogen and oxygen atoms in total. The van der Waals surface area contributed by atoms with Gasteiger partial charge >= 0.3 is 11.9 Å². The number of nitriles is 1. The third kappa shape index (κ3) is 7.28. The molecule has 4 rings (SSSR count). The zero-order valence-corrected chi connectivity index (χ0v) is 22.2. The normalized spacial score (nSPS) is 32.3. The highest BCUT2D eigenvalue weighted by molar-refractivity contribution is 5.89. The maximum Gasteiger partial charge on any atom is 0.338 e. The maximum absolute atomic E-state index is 12.9. The Morgan fingerprint density at radius 1 is 0.929 bits per heavy atom. The Kier molecular flexibility index (Phi) is 10.6. The van der Waals surface area contributed by atoms with Gasteiger partial charge in [-0.2, -0.15) is 5.26 Å². The van der Waals surface area contributed by atoms with Gasteiger partial charge < -0.3 is 44.5 Å². The van der Waals surface area contributed by atoms with Crippen molar-refractivity contribution < 1.29 is 54.1 Å². The lowest BCUT2D eigenvalue weighted by atomic mass is 9.84. The Balaban J connectivity index is 1.62. The predicted molar refractivity (Wildman–Crippen MR) is 144 cm³/mol. The fraction of sp³-hybridized carbons (Fsp3) is 0.367. The summed E-state index contributed by atoms with van der Waals surface area (Å²) in [6.45, 7) is -0.708. The highest BCUT2D eigenvalue weighted by atomic mass is 16.7. The zero-order chi connectivity index (χ0) is 30.2. The van der Waals surface area contributed by atoms with E-state index in [9.17, 15) is 40.4 Å². The molecule has 2 fully saturated rings. The number of nitrogens with zero attached hydrogens (tertiary/aromatic N) is 1. The molecule has 0 aromatic heterocycles. The average molecular weight is 582 g/mol. The third-order valence-electron chi connectivity index (χ3n) is 6.94. The van der Waals surface area contributed by atoms with Crippen molar-refractivity contribution in [3.05, 3.63) is 89.5 Å². The molecule has 1 heterocycles. The molecule has 12 heteroatoms. The van der Waals surface area contributed by atoms with Gasteiger partial charge in [0, 0.05) is 24.1 Å². The number of aliphatic hydroxyl groups excluding tert-OH is 5. The number of hydrogen-bond acceptors (Lipinski definition) is 12. The second-order valence-electron chi connectivity index (χ2n) is 9.73. The number of rotatable bonds is 8. The Hall–Kier alpha value is -3.93. The summed E-state index contributed by atoms with van der Waals surface area (Å²) in [5.41, 5.74) is 0.856. The van der Waals surface area contributed by atoms with Gasteiger partial charge in [-0.25, -0.2) is 9.59 Å². The van der Waals surface area contributed by atoms with Crippen molar-refractivity contribution >= 4 is 18.0 Å². The van der Waals surface area contributed by atoms with E-state index >= 15 is 0 Å². The zero-order valence-electron chi connectivity index (χ0n) is 22.2. The van der Waals surface area contributed by atoms with Crippen LogP contribution >= 0.6 is 0 Å². The monoisotopic (exact) mass is 581 g/mol. The molecule has 42 heavy (non-hydrogen) atoms. The molecule has 2 aromatic rings. The topological polar surface area (TPSA) is 196 Å². The SMILES string of the molecule is N#CC=C1[C@H](O[C@@H]2O[C@H](CO)[C@@H](O)[C@H](O)[C@H]2O)C[C@H](OC(=O)c2ccccc2)[C@H](O)[C@H]1OC(=O)C=Cc1ccccc1. The largest absolute Gasteiger partial charge is 0.456 e. The molecule has 0 spiro atoms. The summed E-state index contributed by atoms with van der Waals surface area (Å²) in [6.07, 6.45) is -10.5. The molecule has 0 unspecified atom stereocenters. The van der Waals surface area contributed by atoms with Gasteiger partial charge in [0.05, 0.1) is 24.3 Å². The molecule has 2 aliphatic rings. The standard InChI is InChI=1S/C30H31NO11/c31-14-13-19-20(40-30-27(37)26(36)24(34)22(16-32)41-30)15-21(39-29(38)18-9-5-2-6-10-18)25(35)28(19)42-23(33)12-11-17-7-3-1-4-8-17/h1-13,20-22,24-28,30,32,34-37H,15-16H2/t20-,21+,22-,24-,25+,26+,27-,28+,30-/m1/s1. The van der Waals surface area contributed by atoms with Crippen LogP contribution in [0.15, 0.2) is 78.4 Å². The summed E-state index contributed by atoms with van der Waals surface area (Å²) in [4.78, 5) is 25.7. The second kappa shape index (κ2) is 14.3. The van der Waals surface area contributed by atoms with Crippen LogP contribution in [0.4, 0.5) is 0 Å². The van der Waals surface area contributed by atoms with Crippen LogP contribution in [0.1, 0.15) is 22.3 Å². The van der Waals surface area contributed by atoms with E-state index in [1.54, 1.807) is 48.5 Å². The minimum absolute atomic E-state index is 0.0320. The van der Waals surface area contributed by atoms with Crippen LogP contribution in [-0.2, 0) is 23.7 Å². The first-order valence-electron chi connectivity index (χ1n) is 13.2. The highest BCUT2D eigenvalue weighted by Gasteiger charge is 2.49. The number of ether oxygens (including phenoxy) is 4. The fourth-order valence-corrected chi connectivity index (χ4v) is 4.72. The average Bonchev–Trinajstić information content (AvgIpc) is 3.01. The molecule has 1 saturated carbocycles. The molecule has 1 aliphatic carbocycles. The summed E-state index contributed by atoms with van der Waals surface area (Å²) in [5, 5.41) is 61.1. The molecular formula is C30H31NO11. The molecule has 9 atom stereocenters. The van der Waals surface area contributed by atoms with E-state index in [1.165, 1.54) is 18.2 Å². The van der Waals surface area contributed by atoms with Crippen LogP contribution in [0.25, 0.3) is 6.08 Å². The van der Waals surface area contributed by atoms with Gasteiger partial charge in [-0.1, -0.05) is 48.5 Å². The first kappa shape index (κ1) is 31.0. The van der Waals surface area contributed by atoms with Gasteiger partial charge in [-0.3, -0.25) is 0 Å². The predicted octanol–water partition coefficient (Wildman–Crippen LogP) is 0.237. The smallest absolute Gasteiger partial charge is 0.338 e. The number of hydrogen-bond donors (Lipinski definition) is 5. The molecule has 2 aromatic carbocycles. The summed E-state index contributed by atoms with van der Waals surface area (Å²) < 4.78 is 22.4. The van der Waals surface area contributed by atoms with Crippen molar-refractivity contribution in [2.24, 2.45) is 0 Å². The van der Waals surface area contributed by atoms with Crippen molar-refractivity contribution in [2.75, 3.05) is 6.61 Å². The van der Waals surface area contributed by atoms with Crippen LogP contribution < -0.4 is 0 Å². The van der Waals surface area contributed by atoms with Gasteiger partial charge in [0.15, 0.2) is 12.4 Å². The molecular weight excluding hydrogens is 550 g/mol. The first-order valence-corrected chi connectivity index (χ1v) is 13.2. The van der Waals surface area contributed by atoms with E-state index < -0.39 is 73.7 Å².